The predicted octanol–water partition coefficient (Wildman–Crippen LogP) is 3.42. The minimum atomic E-state index is -1.46. The molecular weight excluding hydrogens is 267 g/mol. The third-order valence-electron chi connectivity index (χ3n) is 2.91. The number of nitro benzene ring substituents is 1. The Bertz CT molecular complexity index is 519. The van der Waals surface area contributed by atoms with Crippen LogP contribution in [0.5, 0.6) is 0 Å². The van der Waals surface area contributed by atoms with E-state index >= 15 is 0 Å². The number of aromatic carboxylic acids is 1. The van der Waals surface area contributed by atoms with E-state index in [-0.39, 0.29) is 11.7 Å². The van der Waals surface area contributed by atoms with Crippen LogP contribution < -0.4 is 5.32 Å². The summed E-state index contributed by atoms with van der Waals surface area (Å²) in [6.07, 6.45) is 2.71. The Balaban J connectivity index is 3.11. The van der Waals surface area contributed by atoms with E-state index in [1.165, 1.54) is 0 Å². The summed E-state index contributed by atoms with van der Waals surface area (Å²) in [6, 6.07) is 1.54. The minimum Gasteiger partial charge on any atom is -0.478 e. The van der Waals surface area contributed by atoms with Gasteiger partial charge in [0.05, 0.1) is 16.6 Å². The number of hydrogen-bond donors (Lipinski definition) is 2. The van der Waals surface area contributed by atoms with E-state index in [1.807, 2.05) is 13.8 Å². The fraction of sp³-hybridized carbons (Fsp3) is 0.462. The van der Waals surface area contributed by atoms with E-state index in [0.717, 1.165) is 25.3 Å². The van der Waals surface area contributed by atoms with Crippen LogP contribution in [0.15, 0.2) is 12.1 Å². The highest BCUT2D eigenvalue weighted by Gasteiger charge is 2.22. The lowest BCUT2D eigenvalue weighted by Crippen LogP contribution is -2.17. The lowest BCUT2D eigenvalue weighted by Gasteiger charge is -2.15. The number of nitrogens with zero attached hydrogens (tertiary/aromatic N) is 1. The second-order valence-electron chi connectivity index (χ2n) is 4.60. The lowest BCUT2D eigenvalue weighted by molar-refractivity contribution is -0.384. The number of carbonyl (C=O) groups is 1. The molecule has 2 N–H and O–H groups in total. The van der Waals surface area contributed by atoms with Crippen LogP contribution >= 0.6 is 0 Å². The Morgan fingerprint density at radius 3 is 2.70 bits per heavy atom. The molecule has 1 unspecified atom stereocenters. The van der Waals surface area contributed by atoms with Gasteiger partial charge < -0.3 is 10.4 Å². The van der Waals surface area contributed by atoms with Gasteiger partial charge in [0.2, 0.25) is 0 Å². The Morgan fingerprint density at radius 2 is 2.20 bits per heavy atom. The normalized spacial score (nSPS) is 11.9. The van der Waals surface area contributed by atoms with Gasteiger partial charge in [0.1, 0.15) is 11.5 Å². The summed E-state index contributed by atoms with van der Waals surface area (Å²) >= 11 is 0. The van der Waals surface area contributed by atoms with Crippen LogP contribution in [0.4, 0.5) is 15.8 Å². The first kappa shape index (κ1) is 15.9. The quantitative estimate of drug-likeness (QED) is 0.591. The Kier molecular flexibility index (Phi) is 5.42. The highest BCUT2D eigenvalue weighted by Crippen LogP contribution is 2.29. The van der Waals surface area contributed by atoms with Gasteiger partial charge in [0.25, 0.3) is 5.69 Å². The molecule has 1 aromatic rings. The van der Waals surface area contributed by atoms with E-state index in [4.69, 9.17) is 5.11 Å². The molecule has 0 bridgehead atoms. The van der Waals surface area contributed by atoms with Crippen molar-refractivity contribution in [1.82, 2.24) is 0 Å². The fourth-order valence-electron chi connectivity index (χ4n) is 1.84. The second-order valence-corrected chi connectivity index (χ2v) is 4.60. The van der Waals surface area contributed by atoms with Gasteiger partial charge in [-0.2, -0.15) is 0 Å². The molecule has 0 saturated carbocycles. The van der Waals surface area contributed by atoms with E-state index < -0.39 is 28.0 Å². The van der Waals surface area contributed by atoms with Crippen molar-refractivity contribution in [1.29, 1.82) is 0 Å². The minimum absolute atomic E-state index is 0.0254. The Hall–Kier alpha value is -2.18. The van der Waals surface area contributed by atoms with Crippen LogP contribution in [0.1, 0.15) is 43.5 Å². The average molecular weight is 284 g/mol. The summed E-state index contributed by atoms with van der Waals surface area (Å²) in [5.74, 6) is -2.57. The van der Waals surface area contributed by atoms with E-state index in [0.29, 0.717) is 6.07 Å². The van der Waals surface area contributed by atoms with Crippen LogP contribution in [0, 0.1) is 15.9 Å². The third kappa shape index (κ3) is 3.91. The first-order valence-electron chi connectivity index (χ1n) is 6.34. The number of anilines is 1. The molecule has 0 radical (unpaired) electrons. The number of unbranched alkanes of at least 4 members (excludes halogenated alkanes) is 1. The van der Waals surface area contributed by atoms with Gasteiger partial charge >= 0.3 is 5.97 Å². The number of benzene rings is 1. The largest absolute Gasteiger partial charge is 0.478 e. The number of nitro groups is 1. The van der Waals surface area contributed by atoms with Gasteiger partial charge in [-0.25, -0.2) is 9.18 Å². The zero-order valence-corrected chi connectivity index (χ0v) is 11.4. The first-order chi connectivity index (χ1) is 9.36. The molecule has 0 fully saturated rings. The summed E-state index contributed by atoms with van der Waals surface area (Å²) < 4.78 is 13.5. The average Bonchev–Trinajstić information content (AvgIpc) is 2.37. The monoisotopic (exact) mass is 284 g/mol. The smallest absolute Gasteiger partial charge is 0.338 e. The maximum absolute atomic E-state index is 13.5. The van der Waals surface area contributed by atoms with E-state index in [2.05, 4.69) is 5.32 Å². The third-order valence-corrected chi connectivity index (χ3v) is 2.91. The van der Waals surface area contributed by atoms with Crippen molar-refractivity contribution in [2.24, 2.45) is 0 Å². The number of carboxylic acids is 1. The summed E-state index contributed by atoms with van der Waals surface area (Å²) in [7, 11) is 0. The lowest BCUT2D eigenvalue weighted by atomic mass is 10.1. The molecule has 0 spiro atoms. The Morgan fingerprint density at radius 1 is 1.55 bits per heavy atom. The molecule has 1 rings (SSSR count). The molecule has 0 aromatic heterocycles. The van der Waals surface area contributed by atoms with Crippen molar-refractivity contribution in [2.75, 3.05) is 5.32 Å². The second kappa shape index (κ2) is 6.83. The van der Waals surface area contributed by atoms with Crippen LogP contribution in [-0.2, 0) is 0 Å². The standard InChI is InChI=1S/C13H17FN2O4/c1-3-4-5-8(2)15-11-6-9(13(17)18)10(14)7-12(11)16(19)20/h6-8,15H,3-5H2,1-2H3,(H,17,18). The van der Waals surface area contributed by atoms with Gasteiger partial charge in [-0.05, 0) is 19.4 Å². The fourth-order valence-corrected chi connectivity index (χ4v) is 1.84. The zero-order chi connectivity index (χ0) is 15.3. The number of halogens is 1. The molecule has 110 valence electrons. The van der Waals surface area contributed by atoms with Crippen molar-refractivity contribution in [3.05, 3.63) is 33.6 Å². The van der Waals surface area contributed by atoms with Crippen molar-refractivity contribution >= 4 is 17.3 Å². The maximum Gasteiger partial charge on any atom is 0.338 e. The number of carboxylic acid groups (broad SMARTS) is 1. The molecule has 0 amide bonds. The zero-order valence-electron chi connectivity index (χ0n) is 11.4. The Labute approximate surface area is 115 Å². The van der Waals surface area contributed by atoms with Crippen LogP contribution in [0.2, 0.25) is 0 Å². The molecule has 0 saturated heterocycles. The molecule has 7 heteroatoms. The molecular formula is C13H17FN2O4. The molecule has 0 heterocycles. The van der Waals surface area contributed by atoms with E-state index in [1.54, 1.807) is 0 Å². The summed E-state index contributed by atoms with van der Waals surface area (Å²) in [4.78, 5) is 21.0. The first-order valence-corrected chi connectivity index (χ1v) is 6.34. The predicted molar refractivity (Wildman–Crippen MR) is 72.6 cm³/mol. The van der Waals surface area contributed by atoms with Crippen LogP contribution in [0.3, 0.4) is 0 Å². The molecule has 0 aliphatic carbocycles. The molecule has 0 aliphatic rings. The molecule has 1 aromatic carbocycles. The highest BCUT2D eigenvalue weighted by molar-refractivity contribution is 5.90. The summed E-state index contributed by atoms with van der Waals surface area (Å²) in [5.41, 5.74) is -1.02. The number of hydrogen-bond acceptors (Lipinski definition) is 4. The van der Waals surface area contributed by atoms with Gasteiger partial charge in [-0.1, -0.05) is 19.8 Å². The summed E-state index contributed by atoms with van der Waals surface area (Å²) in [5, 5.41) is 22.6. The SMILES string of the molecule is CCCCC(C)Nc1cc(C(=O)O)c(F)cc1[N+](=O)[O-]. The highest BCUT2D eigenvalue weighted by atomic mass is 19.1. The maximum atomic E-state index is 13.5. The van der Waals surface area contributed by atoms with Crippen molar-refractivity contribution in [3.63, 3.8) is 0 Å². The van der Waals surface area contributed by atoms with Crippen molar-refractivity contribution in [3.8, 4) is 0 Å². The van der Waals surface area contributed by atoms with Crippen LogP contribution in [0.25, 0.3) is 0 Å². The van der Waals surface area contributed by atoms with Gasteiger partial charge in [0, 0.05) is 6.04 Å². The van der Waals surface area contributed by atoms with Crippen molar-refractivity contribution < 1.29 is 19.2 Å². The van der Waals surface area contributed by atoms with Gasteiger partial charge in [0.15, 0.2) is 0 Å². The van der Waals surface area contributed by atoms with Gasteiger partial charge in [-0.15, -0.1) is 0 Å². The van der Waals surface area contributed by atoms with Crippen molar-refractivity contribution in [2.45, 2.75) is 39.2 Å². The van der Waals surface area contributed by atoms with Gasteiger partial charge in [-0.3, -0.25) is 10.1 Å². The molecule has 0 aliphatic heterocycles. The topological polar surface area (TPSA) is 92.5 Å². The van der Waals surface area contributed by atoms with Crippen LogP contribution in [-0.4, -0.2) is 22.0 Å². The molecule has 1 atom stereocenters. The number of rotatable bonds is 7. The summed E-state index contributed by atoms with van der Waals surface area (Å²) in [6.45, 7) is 3.86. The number of nitrogens with one attached hydrogen (secondary N) is 1. The molecule has 6 nitrogen and oxygen atoms in total. The molecule has 20 heavy (non-hydrogen) atoms. The van der Waals surface area contributed by atoms with E-state index in [9.17, 15) is 19.3 Å².